The average molecular weight is 287 g/mol. The summed E-state index contributed by atoms with van der Waals surface area (Å²) in [6.45, 7) is 3.66. The number of hydrogen-bond acceptors (Lipinski definition) is 4. The van der Waals surface area contributed by atoms with Crippen molar-refractivity contribution in [2.75, 3.05) is 13.2 Å². The zero-order chi connectivity index (χ0) is 14.1. The fourth-order valence-corrected chi connectivity index (χ4v) is 4.30. The Kier molecular flexibility index (Phi) is 3.98. The van der Waals surface area contributed by atoms with Crippen LogP contribution in [0.3, 0.4) is 0 Å². The normalized spacial score (nSPS) is 18.9. The SMILES string of the molecule is Cc1n[nH]c(C)c1S(=O)(=O)NCC1(CO)CCCC1. The standard InChI is InChI=1S/C12H21N3O3S/c1-9-11(10(2)15-14-9)19(17,18)13-7-12(8-16)5-3-4-6-12/h13,16H,3-8H2,1-2H3,(H,14,15). The Bertz CT molecular complexity index is 525. The molecule has 6 nitrogen and oxygen atoms in total. The van der Waals surface area contributed by atoms with Crippen LogP contribution in [0, 0.1) is 19.3 Å². The van der Waals surface area contributed by atoms with Gasteiger partial charge in [-0.25, -0.2) is 13.1 Å². The number of H-pyrrole nitrogens is 1. The molecule has 19 heavy (non-hydrogen) atoms. The van der Waals surface area contributed by atoms with Crippen LogP contribution in [0.15, 0.2) is 4.90 Å². The maximum Gasteiger partial charge on any atom is 0.244 e. The summed E-state index contributed by atoms with van der Waals surface area (Å²) >= 11 is 0. The highest BCUT2D eigenvalue weighted by Gasteiger charge is 2.35. The van der Waals surface area contributed by atoms with Gasteiger partial charge in [-0.2, -0.15) is 5.10 Å². The summed E-state index contributed by atoms with van der Waals surface area (Å²) in [4.78, 5) is 0.221. The van der Waals surface area contributed by atoms with Gasteiger partial charge in [0.05, 0.1) is 11.4 Å². The van der Waals surface area contributed by atoms with E-state index in [1.54, 1.807) is 13.8 Å². The molecule has 1 fully saturated rings. The van der Waals surface area contributed by atoms with E-state index >= 15 is 0 Å². The van der Waals surface area contributed by atoms with Crippen LogP contribution in [-0.2, 0) is 10.0 Å². The van der Waals surface area contributed by atoms with E-state index in [0.29, 0.717) is 11.4 Å². The van der Waals surface area contributed by atoms with Crippen molar-refractivity contribution in [1.82, 2.24) is 14.9 Å². The van der Waals surface area contributed by atoms with Crippen molar-refractivity contribution in [3.63, 3.8) is 0 Å². The third-order valence-corrected chi connectivity index (χ3v) is 5.63. The summed E-state index contributed by atoms with van der Waals surface area (Å²) in [6, 6.07) is 0. The minimum atomic E-state index is -3.57. The minimum Gasteiger partial charge on any atom is -0.396 e. The van der Waals surface area contributed by atoms with Crippen molar-refractivity contribution in [2.24, 2.45) is 5.41 Å². The molecule has 1 aromatic heterocycles. The maximum atomic E-state index is 12.3. The first kappa shape index (κ1) is 14.5. The Hall–Kier alpha value is -0.920. The summed E-state index contributed by atoms with van der Waals surface area (Å²) < 4.78 is 27.2. The quantitative estimate of drug-likeness (QED) is 0.748. The maximum absolute atomic E-state index is 12.3. The molecule has 0 saturated heterocycles. The number of hydrogen-bond donors (Lipinski definition) is 3. The van der Waals surface area contributed by atoms with Gasteiger partial charge in [0.2, 0.25) is 10.0 Å². The average Bonchev–Trinajstić information content (AvgIpc) is 2.95. The smallest absolute Gasteiger partial charge is 0.244 e. The second-order valence-electron chi connectivity index (χ2n) is 5.45. The number of nitrogens with zero attached hydrogens (tertiary/aromatic N) is 1. The van der Waals surface area contributed by atoms with E-state index in [2.05, 4.69) is 14.9 Å². The van der Waals surface area contributed by atoms with Crippen LogP contribution < -0.4 is 4.72 Å². The molecule has 1 aromatic rings. The highest BCUT2D eigenvalue weighted by molar-refractivity contribution is 7.89. The summed E-state index contributed by atoms with van der Waals surface area (Å²) in [5.74, 6) is 0. The Labute approximate surface area is 113 Å². The molecule has 0 aromatic carbocycles. The number of nitrogens with one attached hydrogen (secondary N) is 2. The molecule has 3 N–H and O–H groups in total. The van der Waals surface area contributed by atoms with E-state index in [1.807, 2.05) is 0 Å². The van der Waals surface area contributed by atoms with Crippen LogP contribution >= 0.6 is 0 Å². The molecule has 0 atom stereocenters. The van der Waals surface area contributed by atoms with Gasteiger partial charge in [-0.15, -0.1) is 0 Å². The molecule has 7 heteroatoms. The van der Waals surface area contributed by atoms with Crippen molar-refractivity contribution in [3.05, 3.63) is 11.4 Å². The first-order chi connectivity index (χ1) is 8.90. The van der Waals surface area contributed by atoms with E-state index < -0.39 is 10.0 Å². The molecule has 1 aliphatic rings. The van der Waals surface area contributed by atoms with Crippen LogP contribution in [0.1, 0.15) is 37.1 Å². The summed E-state index contributed by atoms with van der Waals surface area (Å²) in [6.07, 6.45) is 3.84. The van der Waals surface area contributed by atoms with Crippen LogP contribution in [0.5, 0.6) is 0 Å². The van der Waals surface area contributed by atoms with Gasteiger partial charge in [0.1, 0.15) is 4.90 Å². The van der Waals surface area contributed by atoms with Crippen LogP contribution in [-0.4, -0.2) is 36.9 Å². The highest BCUT2D eigenvalue weighted by atomic mass is 32.2. The third kappa shape index (κ3) is 2.82. The highest BCUT2D eigenvalue weighted by Crippen LogP contribution is 2.37. The van der Waals surface area contributed by atoms with Gasteiger partial charge in [0, 0.05) is 18.6 Å². The van der Waals surface area contributed by atoms with E-state index in [4.69, 9.17) is 0 Å². The topological polar surface area (TPSA) is 95.1 Å². The Morgan fingerprint density at radius 2 is 2.00 bits per heavy atom. The number of aromatic nitrogens is 2. The summed E-state index contributed by atoms with van der Waals surface area (Å²) in [5.41, 5.74) is 0.711. The van der Waals surface area contributed by atoms with Gasteiger partial charge in [0.25, 0.3) is 0 Å². The lowest BCUT2D eigenvalue weighted by Gasteiger charge is -2.26. The molecule has 0 radical (unpaired) electrons. The van der Waals surface area contributed by atoms with Crippen molar-refractivity contribution in [2.45, 2.75) is 44.4 Å². The van der Waals surface area contributed by atoms with Gasteiger partial charge < -0.3 is 5.11 Å². The fourth-order valence-electron chi connectivity index (χ4n) is 2.77. The number of rotatable bonds is 5. The number of sulfonamides is 1. The van der Waals surface area contributed by atoms with Gasteiger partial charge in [-0.1, -0.05) is 12.8 Å². The van der Waals surface area contributed by atoms with Gasteiger partial charge >= 0.3 is 0 Å². The van der Waals surface area contributed by atoms with Crippen molar-refractivity contribution < 1.29 is 13.5 Å². The zero-order valence-corrected chi connectivity index (χ0v) is 12.2. The largest absolute Gasteiger partial charge is 0.396 e. The molecule has 0 unspecified atom stereocenters. The second-order valence-corrected chi connectivity index (χ2v) is 7.16. The van der Waals surface area contributed by atoms with Crippen molar-refractivity contribution in [3.8, 4) is 0 Å². The predicted octanol–water partition coefficient (Wildman–Crippen LogP) is 0.858. The second kappa shape index (κ2) is 5.22. The summed E-state index contributed by atoms with van der Waals surface area (Å²) in [5, 5.41) is 16.1. The van der Waals surface area contributed by atoms with Crippen molar-refractivity contribution in [1.29, 1.82) is 0 Å². The zero-order valence-electron chi connectivity index (χ0n) is 11.4. The third-order valence-electron chi connectivity index (χ3n) is 3.97. The van der Waals surface area contributed by atoms with E-state index in [1.165, 1.54) is 0 Å². The predicted molar refractivity (Wildman–Crippen MR) is 71.2 cm³/mol. The molecular weight excluding hydrogens is 266 g/mol. The molecule has 1 aliphatic carbocycles. The lowest BCUT2D eigenvalue weighted by molar-refractivity contribution is 0.134. The van der Waals surface area contributed by atoms with Crippen LogP contribution in [0.4, 0.5) is 0 Å². The Morgan fingerprint density at radius 3 is 2.47 bits per heavy atom. The van der Waals surface area contributed by atoms with E-state index in [0.717, 1.165) is 25.7 Å². The molecular formula is C12H21N3O3S. The fraction of sp³-hybridized carbons (Fsp3) is 0.750. The lowest BCUT2D eigenvalue weighted by Crippen LogP contribution is -2.38. The summed E-state index contributed by atoms with van der Waals surface area (Å²) in [7, 11) is -3.57. The lowest BCUT2D eigenvalue weighted by atomic mass is 9.88. The molecule has 2 rings (SSSR count). The number of aromatic amines is 1. The molecule has 0 spiro atoms. The Balaban J connectivity index is 2.14. The van der Waals surface area contributed by atoms with Gasteiger partial charge in [0.15, 0.2) is 0 Å². The number of aliphatic hydroxyl groups is 1. The van der Waals surface area contributed by atoms with E-state index in [9.17, 15) is 13.5 Å². The van der Waals surface area contributed by atoms with Crippen molar-refractivity contribution >= 4 is 10.0 Å². The van der Waals surface area contributed by atoms with E-state index in [-0.39, 0.29) is 23.5 Å². The van der Waals surface area contributed by atoms with Gasteiger partial charge in [-0.3, -0.25) is 5.10 Å². The molecule has 1 saturated carbocycles. The molecule has 0 aliphatic heterocycles. The first-order valence-electron chi connectivity index (χ1n) is 6.52. The molecule has 0 bridgehead atoms. The minimum absolute atomic E-state index is 0.0267. The Morgan fingerprint density at radius 1 is 1.37 bits per heavy atom. The number of aliphatic hydroxyl groups excluding tert-OH is 1. The van der Waals surface area contributed by atoms with Crippen LogP contribution in [0.25, 0.3) is 0 Å². The monoisotopic (exact) mass is 287 g/mol. The first-order valence-corrected chi connectivity index (χ1v) is 8.01. The molecule has 108 valence electrons. The molecule has 1 heterocycles. The van der Waals surface area contributed by atoms with Gasteiger partial charge in [-0.05, 0) is 26.7 Å². The molecule has 0 amide bonds. The van der Waals surface area contributed by atoms with Crippen LogP contribution in [0.2, 0.25) is 0 Å². The number of aryl methyl sites for hydroxylation is 2.